The first-order valence-corrected chi connectivity index (χ1v) is 14.4. The second-order valence-electron chi connectivity index (χ2n) is 10.2. The van der Waals surface area contributed by atoms with Crippen LogP contribution in [0.15, 0.2) is 0 Å². The summed E-state index contributed by atoms with van der Waals surface area (Å²) in [6.45, 7) is -2.07. The van der Waals surface area contributed by atoms with Crippen LogP contribution in [0, 0.1) is 0 Å². The molecule has 0 spiro atoms. The van der Waals surface area contributed by atoms with Crippen molar-refractivity contribution in [2.24, 2.45) is 0 Å². The maximum Gasteiger partial charge on any atom is 0.460 e. The van der Waals surface area contributed by atoms with Crippen molar-refractivity contribution in [2.45, 2.75) is 65.7 Å². The van der Waals surface area contributed by atoms with Crippen LogP contribution in [0.2, 0.25) is 0 Å². The van der Waals surface area contributed by atoms with Crippen LogP contribution in [0.4, 0.5) is 83.4 Å². The number of sulfonamides is 1. The van der Waals surface area contributed by atoms with E-state index in [0.717, 1.165) is 0 Å². The predicted octanol–water partition coefficient (Wildman–Crippen LogP) is 5.25. The fourth-order valence-corrected chi connectivity index (χ4v) is 5.02. The molecule has 0 N–H and O–H groups in total. The highest BCUT2D eigenvalue weighted by atomic mass is 32.2. The molecule has 0 heterocycles. The van der Waals surface area contributed by atoms with Crippen molar-refractivity contribution in [1.82, 2.24) is 4.31 Å². The standard InChI is InChI=1S/C18H21F19N2O5S2/c1-38(6-4-7-39(2,3)8-5-9-45(40,41)42)46(43,44)18(36,37)16(31,32)14(27,28)12(23,24)10(19,20)11(21,22)13(25,26)15(29,30)17(33,34)35/h4-9H2,1-3H3. The van der Waals surface area contributed by atoms with Gasteiger partial charge in [-0.3, -0.25) is 0 Å². The van der Waals surface area contributed by atoms with E-state index in [1.165, 1.54) is 14.1 Å². The van der Waals surface area contributed by atoms with Gasteiger partial charge in [0.15, 0.2) is 0 Å². The van der Waals surface area contributed by atoms with E-state index in [9.17, 15) is 105 Å². The second kappa shape index (κ2) is 12.4. The molecule has 0 amide bonds. The summed E-state index contributed by atoms with van der Waals surface area (Å²) in [5.41, 5.74) is 0. The fraction of sp³-hybridized carbons (Fsp3) is 1.00. The molecule has 28 heteroatoms. The zero-order valence-electron chi connectivity index (χ0n) is 22.7. The molecule has 0 aromatic heterocycles. The number of hydrogen-bond donors (Lipinski definition) is 0. The van der Waals surface area contributed by atoms with Gasteiger partial charge >= 0.3 is 52.9 Å². The van der Waals surface area contributed by atoms with Crippen LogP contribution in [-0.2, 0) is 20.1 Å². The Morgan fingerprint density at radius 3 is 1.17 bits per heavy atom. The minimum Gasteiger partial charge on any atom is -0.748 e. The smallest absolute Gasteiger partial charge is 0.460 e. The van der Waals surface area contributed by atoms with Gasteiger partial charge in [-0.15, -0.1) is 0 Å². The van der Waals surface area contributed by atoms with Gasteiger partial charge in [0.2, 0.25) is 0 Å². The lowest BCUT2D eigenvalue weighted by Gasteiger charge is -2.43. The first-order valence-electron chi connectivity index (χ1n) is 11.4. The average molecular weight is 770 g/mol. The van der Waals surface area contributed by atoms with Gasteiger partial charge in [-0.1, -0.05) is 0 Å². The number of rotatable bonds is 17. The Morgan fingerprint density at radius 1 is 0.543 bits per heavy atom. The SMILES string of the molecule is CN(CCC[N+](C)(C)CCCS(=O)(=O)[O-])S(=O)(=O)C(F)(F)C(F)(F)C(F)(F)C(F)(F)C(F)(F)C(F)(F)C(F)(F)C(F)(F)C(F)(F)F. The summed E-state index contributed by atoms with van der Waals surface area (Å²) in [4.78, 5) is 0. The highest BCUT2D eigenvalue weighted by Gasteiger charge is 2.97. The topological polar surface area (TPSA) is 94.6 Å². The predicted molar refractivity (Wildman–Crippen MR) is 113 cm³/mol. The first kappa shape index (κ1) is 44.4. The van der Waals surface area contributed by atoms with Crippen LogP contribution >= 0.6 is 0 Å². The molecule has 0 saturated heterocycles. The van der Waals surface area contributed by atoms with Crippen molar-refractivity contribution in [1.29, 1.82) is 0 Å². The van der Waals surface area contributed by atoms with Crippen molar-refractivity contribution in [3.05, 3.63) is 0 Å². The van der Waals surface area contributed by atoms with Crippen molar-refractivity contribution < 1.29 is 109 Å². The Morgan fingerprint density at radius 2 is 0.848 bits per heavy atom. The fourth-order valence-electron chi connectivity index (χ4n) is 3.33. The van der Waals surface area contributed by atoms with Gasteiger partial charge in [-0.25, -0.2) is 16.8 Å². The third-order valence-corrected chi connectivity index (χ3v) is 8.91. The summed E-state index contributed by atoms with van der Waals surface area (Å²) in [5, 5.41) is -7.75. The molecule has 0 aromatic rings. The van der Waals surface area contributed by atoms with Crippen LogP contribution in [0.3, 0.4) is 0 Å². The molecule has 0 bridgehead atoms. The maximum absolute atomic E-state index is 14.3. The van der Waals surface area contributed by atoms with Crippen LogP contribution in [-0.4, -0.2) is 130 Å². The van der Waals surface area contributed by atoms with Crippen LogP contribution in [0.1, 0.15) is 12.8 Å². The summed E-state index contributed by atoms with van der Waals surface area (Å²) in [6, 6.07) is 0. The molecule has 46 heavy (non-hydrogen) atoms. The van der Waals surface area contributed by atoms with Crippen molar-refractivity contribution in [2.75, 3.05) is 46.5 Å². The van der Waals surface area contributed by atoms with Crippen LogP contribution in [0.25, 0.3) is 0 Å². The molecule has 0 rings (SSSR count). The van der Waals surface area contributed by atoms with E-state index < -0.39 is 103 Å². The molecule has 0 unspecified atom stereocenters. The van der Waals surface area contributed by atoms with E-state index in [1.807, 2.05) is 0 Å². The van der Waals surface area contributed by atoms with E-state index >= 15 is 0 Å². The summed E-state index contributed by atoms with van der Waals surface area (Å²) >= 11 is 0. The minimum absolute atomic E-state index is 0.123. The molecule has 278 valence electrons. The second-order valence-corrected chi connectivity index (χ2v) is 13.8. The Hall–Kier alpha value is -1.55. The highest BCUT2D eigenvalue weighted by Crippen LogP contribution is 2.65. The molecule has 0 aliphatic heterocycles. The van der Waals surface area contributed by atoms with E-state index in [1.54, 1.807) is 0 Å². The molecular weight excluding hydrogens is 749 g/mol. The van der Waals surface area contributed by atoms with Gasteiger partial charge in [0.05, 0.1) is 37.3 Å². The normalized spacial score (nSPS) is 16.3. The number of halogens is 19. The van der Waals surface area contributed by atoms with Crippen molar-refractivity contribution >= 4 is 20.1 Å². The van der Waals surface area contributed by atoms with Gasteiger partial charge in [-0.05, 0) is 0 Å². The third-order valence-electron chi connectivity index (χ3n) is 6.22. The Balaban J connectivity index is 6.52. The molecular formula is C18H21F19N2O5S2. The van der Waals surface area contributed by atoms with E-state index in [-0.39, 0.29) is 24.5 Å². The molecule has 0 saturated carbocycles. The van der Waals surface area contributed by atoms with Crippen molar-refractivity contribution in [3.8, 4) is 0 Å². The molecule has 0 aromatic carbocycles. The maximum atomic E-state index is 14.3. The average Bonchev–Trinajstić information content (AvgIpc) is 2.80. The van der Waals surface area contributed by atoms with Gasteiger partial charge in [-0.2, -0.15) is 87.7 Å². The number of alkyl halides is 19. The third kappa shape index (κ3) is 7.23. The Labute approximate surface area is 246 Å². The largest absolute Gasteiger partial charge is 0.748 e. The summed E-state index contributed by atoms with van der Waals surface area (Å²) in [5.74, 6) is -63.1. The minimum atomic E-state index is -9.17. The molecule has 0 fully saturated rings. The Bertz CT molecular complexity index is 1300. The summed E-state index contributed by atoms with van der Waals surface area (Å²) in [6.07, 6.45) is -9.12. The first-order chi connectivity index (χ1) is 19.6. The zero-order valence-corrected chi connectivity index (χ0v) is 24.3. The number of quaternary nitrogens is 1. The quantitative estimate of drug-likeness (QED) is 0.115. The molecule has 0 aliphatic carbocycles. The zero-order chi connectivity index (χ0) is 37.8. The summed E-state index contributed by atoms with van der Waals surface area (Å²) < 4.78 is 310. The summed E-state index contributed by atoms with van der Waals surface area (Å²) in [7, 11) is -9.84. The molecule has 0 radical (unpaired) electrons. The van der Waals surface area contributed by atoms with Gasteiger partial charge in [0.25, 0.3) is 10.0 Å². The van der Waals surface area contributed by atoms with E-state index in [0.29, 0.717) is 0 Å². The van der Waals surface area contributed by atoms with E-state index in [4.69, 9.17) is 0 Å². The van der Waals surface area contributed by atoms with E-state index in [2.05, 4.69) is 0 Å². The monoisotopic (exact) mass is 770 g/mol. The van der Waals surface area contributed by atoms with Crippen molar-refractivity contribution in [3.63, 3.8) is 0 Å². The van der Waals surface area contributed by atoms with Gasteiger partial charge in [0, 0.05) is 32.2 Å². The number of nitrogens with zero attached hydrogens (tertiary/aromatic N) is 2. The van der Waals surface area contributed by atoms with Crippen LogP contribution < -0.4 is 0 Å². The number of hydrogen-bond acceptors (Lipinski definition) is 5. The van der Waals surface area contributed by atoms with Gasteiger partial charge < -0.3 is 9.04 Å². The molecule has 7 nitrogen and oxygen atoms in total. The lowest BCUT2D eigenvalue weighted by Crippen LogP contribution is -2.76. The highest BCUT2D eigenvalue weighted by molar-refractivity contribution is 7.90. The Kier molecular flexibility index (Phi) is 12.0. The van der Waals surface area contributed by atoms with Gasteiger partial charge in [0.1, 0.15) is 0 Å². The molecule has 0 atom stereocenters. The molecule has 0 aliphatic rings. The lowest BCUT2D eigenvalue weighted by molar-refractivity contribution is -0.890. The lowest BCUT2D eigenvalue weighted by atomic mass is 9.89. The van der Waals surface area contributed by atoms with Crippen LogP contribution in [0.5, 0.6) is 0 Å².